The zero-order valence-electron chi connectivity index (χ0n) is 10.6. The number of rotatable bonds is 1. The Bertz CT molecular complexity index is 517. The predicted octanol–water partition coefficient (Wildman–Crippen LogP) is 4.20. The molecule has 0 atom stereocenters. The van der Waals surface area contributed by atoms with Crippen LogP contribution in [0.15, 0.2) is 29.2 Å². The normalized spacial score (nSPS) is 23.8. The first kappa shape index (κ1) is 13.1. The van der Waals surface area contributed by atoms with Crippen LogP contribution >= 0.6 is 23.4 Å². The summed E-state index contributed by atoms with van der Waals surface area (Å²) in [6.45, 7) is 0. The highest BCUT2D eigenvalue weighted by atomic mass is 35.5. The molecule has 1 aromatic rings. The van der Waals surface area contributed by atoms with Crippen LogP contribution in [0.5, 0.6) is 0 Å². The third-order valence-electron chi connectivity index (χ3n) is 3.70. The standard InChI is InChI=1S/C15H16ClNOS/c16-12-6-4-11(5-7-12)10-13-14(18)17-15(19-13)8-2-1-3-9-15/h4-7,10H,1-3,8-9H2,(H,17,18)/b13-10+. The average Bonchev–Trinajstić information content (AvgIpc) is 2.69. The summed E-state index contributed by atoms with van der Waals surface area (Å²) in [7, 11) is 0. The van der Waals surface area contributed by atoms with Crippen molar-refractivity contribution in [2.24, 2.45) is 0 Å². The summed E-state index contributed by atoms with van der Waals surface area (Å²) in [5, 5.41) is 3.90. The van der Waals surface area contributed by atoms with Gasteiger partial charge in [-0.05, 0) is 36.6 Å². The van der Waals surface area contributed by atoms with E-state index >= 15 is 0 Å². The van der Waals surface area contributed by atoms with E-state index in [1.54, 1.807) is 11.8 Å². The first-order valence-corrected chi connectivity index (χ1v) is 7.85. The highest BCUT2D eigenvalue weighted by Gasteiger charge is 2.42. The number of nitrogens with one attached hydrogen (secondary N) is 1. The zero-order chi connectivity index (χ0) is 13.3. The third-order valence-corrected chi connectivity index (χ3v) is 5.38. The van der Waals surface area contributed by atoms with Gasteiger partial charge in [0.05, 0.1) is 9.78 Å². The molecule has 1 N–H and O–H groups in total. The van der Waals surface area contributed by atoms with Crippen molar-refractivity contribution in [3.8, 4) is 0 Å². The molecule has 2 fully saturated rings. The zero-order valence-corrected chi connectivity index (χ0v) is 12.2. The van der Waals surface area contributed by atoms with E-state index in [0.29, 0.717) is 0 Å². The van der Waals surface area contributed by atoms with Crippen LogP contribution in [0.1, 0.15) is 37.7 Å². The first-order chi connectivity index (χ1) is 9.17. The average molecular weight is 294 g/mol. The van der Waals surface area contributed by atoms with Gasteiger partial charge in [-0.25, -0.2) is 0 Å². The maximum absolute atomic E-state index is 12.1. The summed E-state index contributed by atoms with van der Waals surface area (Å²) < 4.78 is 0. The lowest BCUT2D eigenvalue weighted by Gasteiger charge is -2.31. The van der Waals surface area contributed by atoms with E-state index in [-0.39, 0.29) is 10.8 Å². The van der Waals surface area contributed by atoms with Gasteiger partial charge >= 0.3 is 0 Å². The Balaban J connectivity index is 1.81. The van der Waals surface area contributed by atoms with Crippen LogP contribution in [0.2, 0.25) is 5.02 Å². The van der Waals surface area contributed by atoms with Crippen LogP contribution < -0.4 is 5.32 Å². The van der Waals surface area contributed by atoms with Gasteiger partial charge in [-0.1, -0.05) is 54.8 Å². The molecule has 1 saturated carbocycles. The van der Waals surface area contributed by atoms with Gasteiger partial charge in [0.2, 0.25) is 0 Å². The third kappa shape index (κ3) is 2.82. The summed E-state index contributed by atoms with van der Waals surface area (Å²) in [5.41, 5.74) is 1.02. The number of carbonyl (C=O) groups is 1. The monoisotopic (exact) mass is 293 g/mol. The summed E-state index contributed by atoms with van der Waals surface area (Å²) in [6, 6.07) is 7.58. The molecule has 2 nitrogen and oxygen atoms in total. The van der Waals surface area contributed by atoms with Crippen molar-refractivity contribution in [2.45, 2.75) is 37.0 Å². The van der Waals surface area contributed by atoms with E-state index in [1.165, 1.54) is 19.3 Å². The van der Waals surface area contributed by atoms with Gasteiger partial charge in [-0.2, -0.15) is 0 Å². The van der Waals surface area contributed by atoms with Crippen molar-refractivity contribution in [1.29, 1.82) is 0 Å². The summed E-state index contributed by atoms with van der Waals surface area (Å²) in [4.78, 5) is 12.9. The number of carbonyl (C=O) groups excluding carboxylic acids is 1. The van der Waals surface area contributed by atoms with Crippen LogP contribution in [0.25, 0.3) is 6.08 Å². The van der Waals surface area contributed by atoms with Crippen LogP contribution in [0, 0.1) is 0 Å². The van der Waals surface area contributed by atoms with Gasteiger partial charge in [-0.15, -0.1) is 0 Å². The molecule has 0 unspecified atom stereocenters. The molecule has 1 spiro atoms. The van der Waals surface area contributed by atoms with Crippen LogP contribution in [0.4, 0.5) is 0 Å². The second-order valence-corrected chi connectivity index (χ2v) is 7.03. The SMILES string of the molecule is O=C1NC2(CCCCC2)S/C1=C/c1ccc(Cl)cc1. The van der Waals surface area contributed by atoms with Gasteiger partial charge in [-0.3, -0.25) is 4.79 Å². The molecule has 1 saturated heterocycles. The molecule has 1 heterocycles. The number of amides is 1. The molecule has 1 amide bonds. The molecule has 0 bridgehead atoms. The van der Waals surface area contributed by atoms with Crippen molar-refractivity contribution in [3.05, 3.63) is 39.8 Å². The summed E-state index contributed by atoms with van der Waals surface area (Å²) >= 11 is 7.58. The van der Waals surface area contributed by atoms with Crippen LogP contribution in [-0.4, -0.2) is 10.8 Å². The number of hydrogen-bond donors (Lipinski definition) is 1. The minimum atomic E-state index is -0.0341. The molecule has 100 valence electrons. The molecule has 1 aromatic carbocycles. The van der Waals surface area contributed by atoms with Gasteiger partial charge in [0.25, 0.3) is 5.91 Å². The van der Waals surface area contributed by atoms with Crippen LogP contribution in [0.3, 0.4) is 0 Å². The second kappa shape index (κ2) is 5.22. The summed E-state index contributed by atoms with van der Waals surface area (Å²) in [6.07, 6.45) is 7.83. The van der Waals surface area contributed by atoms with Crippen LogP contribution in [-0.2, 0) is 4.79 Å². The number of hydrogen-bond acceptors (Lipinski definition) is 2. The highest BCUT2D eigenvalue weighted by Crippen LogP contribution is 2.46. The van der Waals surface area contributed by atoms with Gasteiger partial charge < -0.3 is 5.32 Å². The Morgan fingerprint density at radius 3 is 2.53 bits per heavy atom. The van der Waals surface area contributed by atoms with Crippen molar-refractivity contribution in [1.82, 2.24) is 5.32 Å². The molecule has 4 heteroatoms. The van der Waals surface area contributed by atoms with E-state index in [2.05, 4.69) is 5.32 Å². The minimum absolute atomic E-state index is 0.0341. The molecule has 0 radical (unpaired) electrons. The lowest BCUT2D eigenvalue weighted by molar-refractivity contribution is -0.117. The molecule has 2 aliphatic rings. The largest absolute Gasteiger partial charge is 0.337 e. The van der Waals surface area contributed by atoms with E-state index in [4.69, 9.17) is 11.6 Å². The van der Waals surface area contributed by atoms with Gasteiger partial charge in [0.15, 0.2) is 0 Å². The topological polar surface area (TPSA) is 29.1 Å². The van der Waals surface area contributed by atoms with Crippen molar-refractivity contribution in [3.63, 3.8) is 0 Å². The Hall–Kier alpha value is -0.930. The van der Waals surface area contributed by atoms with Crippen molar-refractivity contribution < 1.29 is 4.79 Å². The fourth-order valence-corrected chi connectivity index (χ4v) is 4.23. The number of benzene rings is 1. The Kier molecular flexibility index (Phi) is 3.59. The summed E-state index contributed by atoms with van der Waals surface area (Å²) in [5.74, 6) is 0.0712. The van der Waals surface area contributed by atoms with E-state index in [9.17, 15) is 4.79 Å². The molecule has 1 aliphatic carbocycles. The fourth-order valence-electron chi connectivity index (χ4n) is 2.71. The van der Waals surface area contributed by atoms with Gasteiger partial charge in [0.1, 0.15) is 0 Å². The Morgan fingerprint density at radius 2 is 1.84 bits per heavy atom. The van der Waals surface area contributed by atoms with Crippen molar-refractivity contribution in [2.75, 3.05) is 0 Å². The Labute approximate surface area is 122 Å². The quantitative estimate of drug-likeness (QED) is 0.786. The van der Waals surface area contributed by atoms with Crippen molar-refractivity contribution >= 4 is 35.3 Å². The second-order valence-electron chi connectivity index (χ2n) is 5.17. The molecular formula is C15H16ClNOS. The van der Waals surface area contributed by atoms with E-state index in [0.717, 1.165) is 28.3 Å². The first-order valence-electron chi connectivity index (χ1n) is 6.66. The minimum Gasteiger partial charge on any atom is -0.337 e. The number of thioether (sulfide) groups is 1. The lowest BCUT2D eigenvalue weighted by Crippen LogP contribution is -2.40. The van der Waals surface area contributed by atoms with Gasteiger partial charge in [0, 0.05) is 5.02 Å². The maximum Gasteiger partial charge on any atom is 0.258 e. The fraction of sp³-hybridized carbons (Fsp3) is 0.400. The molecule has 3 rings (SSSR count). The molecular weight excluding hydrogens is 278 g/mol. The highest BCUT2D eigenvalue weighted by molar-refractivity contribution is 8.06. The van der Waals surface area contributed by atoms with E-state index < -0.39 is 0 Å². The van der Waals surface area contributed by atoms with E-state index in [1.807, 2.05) is 30.3 Å². The predicted molar refractivity (Wildman–Crippen MR) is 81.0 cm³/mol. The Morgan fingerprint density at radius 1 is 1.16 bits per heavy atom. The molecule has 19 heavy (non-hydrogen) atoms. The lowest BCUT2D eigenvalue weighted by atomic mass is 9.95. The number of halogens is 1. The molecule has 1 aliphatic heterocycles. The molecule has 0 aromatic heterocycles. The smallest absolute Gasteiger partial charge is 0.258 e. The maximum atomic E-state index is 12.1.